The van der Waals surface area contributed by atoms with Gasteiger partial charge in [0, 0.05) is 17.9 Å². The van der Waals surface area contributed by atoms with Crippen LogP contribution in [-0.2, 0) is 21.2 Å². The highest BCUT2D eigenvalue weighted by Gasteiger charge is 2.26. The number of rotatable bonds is 4. The van der Waals surface area contributed by atoms with Gasteiger partial charge < -0.3 is 4.90 Å². The van der Waals surface area contributed by atoms with Gasteiger partial charge in [0.1, 0.15) is 5.82 Å². The highest BCUT2D eigenvalue weighted by atomic mass is 32.2. The maximum Gasteiger partial charge on any atom is 0.261 e. The molecular weight excluding hydrogens is 331 g/mol. The zero-order valence-electron chi connectivity index (χ0n) is 13.3. The van der Waals surface area contributed by atoms with E-state index in [1.54, 1.807) is 23.1 Å². The summed E-state index contributed by atoms with van der Waals surface area (Å²) in [6.45, 7) is 3.97. The number of nitrogens with one attached hydrogen (secondary N) is 1. The standard InChI is InChI=1S/C17H17FN2O3S/c1-3-20-16-7-4-13(9-12(16)10-17(20)21)19-24(22,23)14-5-6-15(18)11(2)8-14/h4-9,19H,3,10H2,1-2H3. The van der Waals surface area contributed by atoms with E-state index in [9.17, 15) is 17.6 Å². The molecule has 0 aliphatic carbocycles. The van der Waals surface area contributed by atoms with E-state index in [0.717, 1.165) is 17.3 Å². The van der Waals surface area contributed by atoms with Crippen LogP contribution in [0.3, 0.4) is 0 Å². The molecule has 0 radical (unpaired) electrons. The van der Waals surface area contributed by atoms with Crippen LogP contribution in [0, 0.1) is 12.7 Å². The normalized spacial score (nSPS) is 14.0. The molecule has 0 spiro atoms. The Labute approximate surface area is 140 Å². The minimum atomic E-state index is -3.82. The molecule has 0 fully saturated rings. The van der Waals surface area contributed by atoms with Gasteiger partial charge >= 0.3 is 0 Å². The SMILES string of the molecule is CCN1C(=O)Cc2cc(NS(=O)(=O)c3ccc(F)c(C)c3)ccc21. The molecule has 0 atom stereocenters. The summed E-state index contributed by atoms with van der Waals surface area (Å²) in [4.78, 5) is 13.6. The van der Waals surface area contributed by atoms with Gasteiger partial charge in [-0.1, -0.05) is 0 Å². The Hall–Kier alpha value is -2.41. The highest BCUT2D eigenvalue weighted by molar-refractivity contribution is 7.92. The number of fused-ring (bicyclic) bond motifs is 1. The predicted molar refractivity (Wildman–Crippen MR) is 90.1 cm³/mol. The molecule has 7 heteroatoms. The van der Waals surface area contributed by atoms with Gasteiger partial charge in [-0.25, -0.2) is 12.8 Å². The number of sulfonamides is 1. The molecule has 0 saturated heterocycles. The number of carbonyl (C=O) groups excluding carboxylic acids is 1. The van der Waals surface area contributed by atoms with Gasteiger partial charge in [-0.2, -0.15) is 0 Å². The third kappa shape index (κ3) is 2.87. The fraction of sp³-hybridized carbons (Fsp3) is 0.235. The molecule has 0 bridgehead atoms. The summed E-state index contributed by atoms with van der Waals surface area (Å²) >= 11 is 0. The third-order valence-corrected chi connectivity index (χ3v) is 5.40. The average Bonchev–Trinajstić information content (AvgIpc) is 2.83. The molecule has 5 nitrogen and oxygen atoms in total. The van der Waals surface area contributed by atoms with Crippen LogP contribution in [0.5, 0.6) is 0 Å². The lowest BCUT2D eigenvalue weighted by molar-refractivity contribution is -0.117. The number of hydrogen-bond donors (Lipinski definition) is 1. The molecule has 1 aliphatic rings. The highest BCUT2D eigenvalue weighted by Crippen LogP contribution is 2.31. The number of amides is 1. The molecule has 1 N–H and O–H groups in total. The van der Waals surface area contributed by atoms with Crippen molar-refractivity contribution >= 4 is 27.3 Å². The molecule has 0 saturated carbocycles. The molecule has 1 heterocycles. The Bertz CT molecular complexity index is 925. The molecule has 0 unspecified atom stereocenters. The van der Waals surface area contributed by atoms with Crippen LogP contribution in [0.15, 0.2) is 41.3 Å². The maximum atomic E-state index is 13.3. The lowest BCUT2D eigenvalue weighted by Gasteiger charge is -2.15. The minimum Gasteiger partial charge on any atom is -0.312 e. The number of aryl methyl sites for hydroxylation is 1. The van der Waals surface area contributed by atoms with Crippen molar-refractivity contribution in [2.75, 3.05) is 16.2 Å². The van der Waals surface area contributed by atoms with Crippen molar-refractivity contribution in [3.8, 4) is 0 Å². The summed E-state index contributed by atoms with van der Waals surface area (Å²) in [5, 5.41) is 0. The topological polar surface area (TPSA) is 66.5 Å². The van der Waals surface area contributed by atoms with Gasteiger partial charge in [0.05, 0.1) is 11.3 Å². The predicted octanol–water partition coefficient (Wildman–Crippen LogP) is 2.84. The van der Waals surface area contributed by atoms with Crippen LogP contribution in [-0.4, -0.2) is 20.9 Å². The zero-order valence-corrected chi connectivity index (χ0v) is 14.2. The van der Waals surface area contributed by atoms with Crippen molar-refractivity contribution in [2.45, 2.75) is 25.2 Å². The summed E-state index contributed by atoms with van der Waals surface area (Å²) in [7, 11) is -3.82. The first-order valence-corrected chi connectivity index (χ1v) is 9.02. The Morgan fingerprint density at radius 1 is 1.21 bits per heavy atom. The van der Waals surface area contributed by atoms with E-state index in [4.69, 9.17) is 0 Å². The van der Waals surface area contributed by atoms with Crippen LogP contribution in [0.1, 0.15) is 18.1 Å². The lowest BCUT2D eigenvalue weighted by atomic mass is 10.1. The number of nitrogens with zero attached hydrogens (tertiary/aromatic N) is 1. The van der Waals surface area contributed by atoms with Gasteiger partial charge in [0.25, 0.3) is 10.0 Å². The van der Waals surface area contributed by atoms with Crippen LogP contribution >= 0.6 is 0 Å². The Morgan fingerprint density at radius 2 is 1.96 bits per heavy atom. The second-order valence-electron chi connectivity index (χ2n) is 5.67. The van der Waals surface area contributed by atoms with Gasteiger partial charge in [-0.05, 0) is 61.4 Å². The van der Waals surface area contributed by atoms with E-state index >= 15 is 0 Å². The van der Waals surface area contributed by atoms with E-state index < -0.39 is 15.8 Å². The van der Waals surface area contributed by atoms with Crippen LogP contribution in [0.2, 0.25) is 0 Å². The first kappa shape index (κ1) is 16.4. The average molecular weight is 348 g/mol. The third-order valence-electron chi connectivity index (χ3n) is 4.02. The zero-order chi connectivity index (χ0) is 17.5. The van der Waals surface area contributed by atoms with Crippen molar-refractivity contribution in [3.63, 3.8) is 0 Å². The summed E-state index contributed by atoms with van der Waals surface area (Å²) in [6.07, 6.45) is 0.258. The first-order valence-electron chi connectivity index (χ1n) is 7.54. The van der Waals surface area contributed by atoms with Gasteiger partial charge in [-0.3, -0.25) is 9.52 Å². The van der Waals surface area contributed by atoms with Crippen molar-refractivity contribution in [1.82, 2.24) is 0 Å². The van der Waals surface area contributed by atoms with E-state index in [2.05, 4.69) is 4.72 Å². The maximum absolute atomic E-state index is 13.3. The van der Waals surface area contributed by atoms with Crippen molar-refractivity contribution in [3.05, 3.63) is 53.3 Å². The van der Waals surface area contributed by atoms with Crippen LogP contribution in [0.4, 0.5) is 15.8 Å². The van der Waals surface area contributed by atoms with E-state index in [1.165, 1.54) is 19.1 Å². The van der Waals surface area contributed by atoms with Crippen molar-refractivity contribution in [1.29, 1.82) is 0 Å². The molecule has 1 amide bonds. The largest absolute Gasteiger partial charge is 0.312 e. The summed E-state index contributed by atoms with van der Waals surface area (Å²) in [5.41, 5.74) is 2.23. The summed E-state index contributed by atoms with van der Waals surface area (Å²) in [6, 6.07) is 8.65. The number of likely N-dealkylation sites (N-methyl/N-ethyl adjacent to an activating group) is 1. The number of hydrogen-bond acceptors (Lipinski definition) is 3. The van der Waals surface area contributed by atoms with E-state index in [-0.39, 0.29) is 22.8 Å². The number of benzene rings is 2. The number of halogens is 1. The Kier molecular flexibility index (Phi) is 4.04. The number of carbonyl (C=O) groups is 1. The molecule has 2 aromatic rings. The second-order valence-corrected chi connectivity index (χ2v) is 7.36. The van der Waals surface area contributed by atoms with Crippen LogP contribution < -0.4 is 9.62 Å². The molecule has 0 aromatic heterocycles. The monoisotopic (exact) mass is 348 g/mol. The van der Waals surface area contributed by atoms with E-state index in [0.29, 0.717) is 12.2 Å². The molecule has 2 aromatic carbocycles. The van der Waals surface area contributed by atoms with E-state index in [1.807, 2.05) is 6.92 Å². The first-order chi connectivity index (χ1) is 11.3. The van der Waals surface area contributed by atoms with Crippen molar-refractivity contribution < 1.29 is 17.6 Å². The van der Waals surface area contributed by atoms with Gasteiger partial charge in [0.15, 0.2) is 0 Å². The molecule has 3 rings (SSSR count). The smallest absolute Gasteiger partial charge is 0.261 e. The number of anilines is 2. The van der Waals surface area contributed by atoms with Crippen LogP contribution in [0.25, 0.3) is 0 Å². The van der Waals surface area contributed by atoms with Gasteiger partial charge in [-0.15, -0.1) is 0 Å². The lowest BCUT2D eigenvalue weighted by Crippen LogP contribution is -2.25. The van der Waals surface area contributed by atoms with Crippen molar-refractivity contribution in [2.24, 2.45) is 0 Å². The molecular formula is C17H17FN2O3S. The Morgan fingerprint density at radius 3 is 2.62 bits per heavy atom. The Balaban J connectivity index is 1.90. The second kappa shape index (κ2) is 5.90. The molecule has 1 aliphatic heterocycles. The quantitative estimate of drug-likeness (QED) is 0.924. The minimum absolute atomic E-state index is 0.00154. The fourth-order valence-corrected chi connectivity index (χ4v) is 3.93. The summed E-state index contributed by atoms with van der Waals surface area (Å²) in [5.74, 6) is -0.452. The molecule has 24 heavy (non-hydrogen) atoms. The molecule has 126 valence electrons. The van der Waals surface area contributed by atoms with Gasteiger partial charge in [0.2, 0.25) is 5.91 Å². The summed E-state index contributed by atoms with van der Waals surface area (Å²) < 4.78 is 40.7. The fourth-order valence-electron chi connectivity index (χ4n) is 2.79.